The van der Waals surface area contributed by atoms with Gasteiger partial charge in [-0.15, -0.1) is 6.42 Å². The van der Waals surface area contributed by atoms with Crippen LogP contribution >= 0.6 is 0 Å². The van der Waals surface area contributed by atoms with Crippen LogP contribution in [0.3, 0.4) is 0 Å². The molecule has 0 aromatic rings. The monoisotopic (exact) mass is 216 g/mol. The summed E-state index contributed by atoms with van der Waals surface area (Å²) in [6.45, 7) is 1.50. The second-order valence-electron chi connectivity index (χ2n) is 3.80. The fraction of sp³-hybridized carbons (Fsp3) is 0.800. The predicted octanol–water partition coefficient (Wildman–Crippen LogP) is -1.90. The molecule has 1 rings (SSSR count). The Balaban J connectivity index is 2.73. The highest BCUT2D eigenvalue weighted by atomic mass is 16.5. The molecule has 0 radical (unpaired) electrons. The van der Waals surface area contributed by atoms with Crippen LogP contribution in [-0.4, -0.2) is 57.6 Å². The summed E-state index contributed by atoms with van der Waals surface area (Å²) < 4.78 is 5.04. The van der Waals surface area contributed by atoms with Crippen molar-refractivity contribution in [1.29, 1.82) is 0 Å². The molecule has 0 amide bonds. The smallest absolute Gasteiger partial charge is 0.113 e. The maximum Gasteiger partial charge on any atom is 0.113 e. The third-order valence-electron chi connectivity index (χ3n) is 2.81. The maximum absolute atomic E-state index is 9.70. The van der Waals surface area contributed by atoms with E-state index < -0.39 is 36.4 Å². The van der Waals surface area contributed by atoms with Gasteiger partial charge in [0.2, 0.25) is 0 Å². The van der Waals surface area contributed by atoms with E-state index in [2.05, 4.69) is 5.92 Å². The lowest BCUT2D eigenvalue weighted by Gasteiger charge is -2.42. The minimum Gasteiger partial charge on any atom is -0.390 e. The van der Waals surface area contributed by atoms with Crippen LogP contribution in [-0.2, 0) is 4.74 Å². The zero-order valence-corrected chi connectivity index (χ0v) is 8.45. The average molecular weight is 216 g/mol. The fourth-order valence-corrected chi connectivity index (χ4v) is 1.75. The van der Waals surface area contributed by atoms with Gasteiger partial charge in [-0.3, -0.25) is 0 Å². The summed E-state index contributed by atoms with van der Waals surface area (Å²) in [5.41, 5.74) is 0. The predicted molar refractivity (Wildman–Crippen MR) is 51.8 cm³/mol. The van der Waals surface area contributed by atoms with Crippen molar-refractivity contribution in [2.24, 2.45) is 5.92 Å². The first-order chi connectivity index (χ1) is 7.00. The highest BCUT2D eigenvalue weighted by molar-refractivity contribution is 4.98. The van der Waals surface area contributed by atoms with Crippen molar-refractivity contribution >= 4 is 0 Å². The van der Waals surface area contributed by atoms with Crippen LogP contribution in [0.5, 0.6) is 0 Å². The quantitative estimate of drug-likeness (QED) is 0.405. The maximum atomic E-state index is 9.70. The van der Waals surface area contributed by atoms with E-state index in [4.69, 9.17) is 11.2 Å². The van der Waals surface area contributed by atoms with Crippen molar-refractivity contribution < 1.29 is 25.2 Å². The molecule has 6 atom stereocenters. The second kappa shape index (κ2) is 4.92. The summed E-state index contributed by atoms with van der Waals surface area (Å²) in [7, 11) is 0. The minimum atomic E-state index is -1.33. The van der Waals surface area contributed by atoms with E-state index in [1.165, 1.54) is 0 Å². The van der Waals surface area contributed by atoms with Crippen LogP contribution in [0.4, 0.5) is 0 Å². The molecule has 0 aromatic heterocycles. The number of aliphatic hydroxyl groups is 4. The number of aliphatic hydroxyl groups excluding tert-OH is 4. The number of hydrogen-bond acceptors (Lipinski definition) is 5. The van der Waals surface area contributed by atoms with Gasteiger partial charge >= 0.3 is 0 Å². The second-order valence-corrected chi connectivity index (χ2v) is 3.80. The zero-order chi connectivity index (χ0) is 11.6. The summed E-state index contributed by atoms with van der Waals surface area (Å²) in [5, 5.41) is 38.2. The van der Waals surface area contributed by atoms with E-state index in [-0.39, 0.29) is 6.61 Å². The molecule has 0 unspecified atom stereocenters. The lowest BCUT2D eigenvalue weighted by molar-refractivity contribution is -0.211. The Labute approximate surface area is 88.3 Å². The van der Waals surface area contributed by atoms with Crippen LogP contribution in [0.15, 0.2) is 0 Å². The van der Waals surface area contributed by atoms with Gasteiger partial charge in [-0.1, -0.05) is 12.8 Å². The minimum absolute atomic E-state index is 0.0612. The molecule has 4 N–H and O–H groups in total. The highest BCUT2D eigenvalue weighted by Crippen LogP contribution is 2.27. The normalized spacial score (nSPS) is 46.1. The summed E-state index contributed by atoms with van der Waals surface area (Å²) in [5.74, 6) is 1.63. The number of rotatable bonds is 2. The molecule has 1 fully saturated rings. The van der Waals surface area contributed by atoms with Crippen molar-refractivity contribution in [2.75, 3.05) is 6.61 Å². The topological polar surface area (TPSA) is 90.2 Å². The highest BCUT2D eigenvalue weighted by Gasteiger charge is 2.47. The van der Waals surface area contributed by atoms with Crippen molar-refractivity contribution in [2.45, 2.75) is 37.4 Å². The first kappa shape index (κ1) is 12.4. The summed E-state index contributed by atoms with van der Waals surface area (Å²) >= 11 is 0. The third kappa shape index (κ3) is 2.30. The van der Waals surface area contributed by atoms with Gasteiger partial charge in [0, 0.05) is 5.92 Å². The Morgan fingerprint density at radius 1 is 1.07 bits per heavy atom. The lowest BCUT2D eigenvalue weighted by Crippen LogP contribution is -2.61. The molecule has 1 aliphatic rings. The molecule has 0 aliphatic heterocycles. The largest absolute Gasteiger partial charge is 0.390 e. The van der Waals surface area contributed by atoms with Crippen molar-refractivity contribution in [3.63, 3.8) is 0 Å². The Kier molecular flexibility index (Phi) is 4.08. The summed E-state index contributed by atoms with van der Waals surface area (Å²) in [4.78, 5) is 0. The van der Waals surface area contributed by atoms with Crippen molar-refractivity contribution in [1.82, 2.24) is 0 Å². The van der Waals surface area contributed by atoms with E-state index in [9.17, 15) is 20.4 Å². The van der Waals surface area contributed by atoms with E-state index in [0.717, 1.165) is 0 Å². The molecule has 0 heterocycles. The molecule has 5 nitrogen and oxygen atoms in total. The molecule has 0 aromatic carbocycles. The van der Waals surface area contributed by atoms with E-state index in [0.29, 0.717) is 0 Å². The van der Waals surface area contributed by atoms with Crippen LogP contribution in [0.25, 0.3) is 0 Å². The first-order valence-corrected chi connectivity index (χ1v) is 4.78. The molecule has 15 heavy (non-hydrogen) atoms. The number of terminal acetylenes is 1. The van der Waals surface area contributed by atoms with Gasteiger partial charge < -0.3 is 25.2 Å². The molecular formula is C10H16O5. The van der Waals surface area contributed by atoms with Gasteiger partial charge in [0.05, 0.1) is 12.2 Å². The molecule has 86 valence electrons. The standard InChI is InChI=1S/C10H16O5/c1-3-4-15-10-7(12)5(2)6(11)8(13)9(10)14/h1,5-14H,4H2,2H3/t5-,6-,7+,8+,9-,10+/m1/s1. The number of hydrogen-bond donors (Lipinski definition) is 4. The Morgan fingerprint density at radius 3 is 2.20 bits per heavy atom. The fourth-order valence-electron chi connectivity index (χ4n) is 1.75. The molecule has 0 bridgehead atoms. The van der Waals surface area contributed by atoms with Gasteiger partial charge in [0.15, 0.2) is 0 Å². The van der Waals surface area contributed by atoms with Crippen LogP contribution in [0, 0.1) is 18.3 Å². The molecule has 5 heteroatoms. The Morgan fingerprint density at radius 2 is 1.67 bits per heavy atom. The lowest BCUT2D eigenvalue weighted by atomic mass is 9.79. The Bertz CT molecular complexity index is 233. The van der Waals surface area contributed by atoms with E-state index >= 15 is 0 Å². The summed E-state index contributed by atoms with van der Waals surface area (Å²) in [6.07, 6.45) is -0.857. The van der Waals surface area contributed by atoms with E-state index in [1.807, 2.05) is 0 Å². The van der Waals surface area contributed by atoms with Gasteiger partial charge in [-0.2, -0.15) is 0 Å². The van der Waals surface area contributed by atoms with Crippen molar-refractivity contribution in [3.05, 3.63) is 0 Å². The van der Waals surface area contributed by atoms with Crippen LogP contribution in [0.1, 0.15) is 6.92 Å². The van der Waals surface area contributed by atoms with Crippen LogP contribution in [0.2, 0.25) is 0 Å². The Hall–Kier alpha value is -0.640. The SMILES string of the molecule is C#CCO[C@@H]1[C@H](O)[C@@H](O)[C@H](O)[C@@H](C)[C@@H]1O. The van der Waals surface area contributed by atoms with Crippen molar-refractivity contribution in [3.8, 4) is 12.3 Å². The van der Waals surface area contributed by atoms with Gasteiger partial charge in [-0.05, 0) is 0 Å². The molecule has 0 saturated heterocycles. The van der Waals surface area contributed by atoms with E-state index in [1.54, 1.807) is 6.92 Å². The zero-order valence-electron chi connectivity index (χ0n) is 8.45. The molecule has 0 spiro atoms. The number of ether oxygens (including phenoxy) is 1. The molecule has 1 saturated carbocycles. The van der Waals surface area contributed by atoms with Gasteiger partial charge in [-0.25, -0.2) is 0 Å². The third-order valence-corrected chi connectivity index (χ3v) is 2.81. The van der Waals surface area contributed by atoms with Gasteiger partial charge in [0.1, 0.15) is 24.9 Å². The molecular weight excluding hydrogens is 200 g/mol. The first-order valence-electron chi connectivity index (χ1n) is 4.78. The van der Waals surface area contributed by atoms with Crippen LogP contribution < -0.4 is 0 Å². The van der Waals surface area contributed by atoms with Gasteiger partial charge in [0.25, 0.3) is 0 Å². The summed E-state index contributed by atoms with van der Waals surface area (Å²) in [6, 6.07) is 0. The molecule has 1 aliphatic carbocycles. The average Bonchev–Trinajstić information content (AvgIpc) is 2.24.